The summed E-state index contributed by atoms with van der Waals surface area (Å²) in [5.74, 6) is -0.694. The quantitative estimate of drug-likeness (QED) is 0.706. The van der Waals surface area contributed by atoms with Crippen molar-refractivity contribution in [2.75, 3.05) is 23.0 Å². The molecule has 2 saturated heterocycles. The Hall–Kier alpha value is -2.10. The maximum absolute atomic E-state index is 14.0. The fourth-order valence-electron chi connectivity index (χ4n) is 3.30. The summed E-state index contributed by atoms with van der Waals surface area (Å²) in [6.07, 6.45) is 0. The van der Waals surface area contributed by atoms with Gasteiger partial charge in [-0.05, 0) is 30.3 Å². The van der Waals surface area contributed by atoms with E-state index in [4.69, 9.17) is 16.3 Å². The van der Waals surface area contributed by atoms with Gasteiger partial charge in [0.15, 0.2) is 21.6 Å². The van der Waals surface area contributed by atoms with E-state index in [2.05, 4.69) is 4.99 Å². The lowest BCUT2D eigenvalue weighted by molar-refractivity contribution is -0.119. The topological polar surface area (TPSA) is 76.0 Å². The molecule has 0 bridgehead atoms. The summed E-state index contributed by atoms with van der Waals surface area (Å²) in [5.41, 5.74) is 0.402. The van der Waals surface area contributed by atoms with Gasteiger partial charge in [-0.2, -0.15) is 4.99 Å². The molecule has 0 N–H and O–H groups in total. The molecule has 0 radical (unpaired) electrons. The second-order valence-corrected chi connectivity index (χ2v) is 10.4. The molecule has 152 valence electrons. The predicted molar refractivity (Wildman–Crippen MR) is 112 cm³/mol. The minimum absolute atomic E-state index is 0.0113. The molecule has 6 nitrogen and oxygen atoms in total. The Balaban J connectivity index is 1.59. The molecule has 0 aromatic heterocycles. The maximum atomic E-state index is 14.0. The van der Waals surface area contributed by atoms with Crippen molar-refractivity contribution in [3.63, 3.8) is 0 Å². The highest BCUT2D eigenvalue weighted by molar-refractivity contribution is 8.16. The molecule has 2 aliphatic heterocycles. The van der Waals surface area contributed by atoms with Crippen molar-refractivity contribution in [3.05, 3.63) is 59.4 Å². The van der Waals surface area contributed by atoms with Crippen LogP contribution in [0.15, 0.2) is 53.5 Å². The number of hydrogen-bond acceptors (Lipinski definition) is 5. The third-order valence-electron chi connectivity index (χ3n) is 4.57. The highest BCUT2D eigenvalue weighted by Crippen LogP contribution is 2.41. The van der Waals surface area contributed by atoms with Gasteiger partial charge in [-0.15, -0.1) is 0 Å². The lowest BCUT2D eigenvalue weighted by Gasteiger charge is -2.24. The van der Waals surface area contributed by atoms with E-state index in [1.54, 1.807) is 35.2 Å². The predicted octanol–water partition coefficient (Wildman–Crippen LogP) is 3.16. The number of rotatable bonds is 4. The van der Waals surface area contributed by atoms with Crippen molar-refractivity contribution in [2.24, 2.45) is 4.99 Å². The number of nitrogens with zero attached hydrogens (tertiary/aromatic N) is 2. The van der Waals surface area contributed by atoms with E-state index in [9.17, 15) is 17.6 Å². The Morgan fingerprint density at radius 2 is 2.00 bits per heavy atom. The molecule has 10 heteroatoms. The molecular weight excluding hydrogens is 439 g/mol. The van der Waals surface area contributed by atoms with Crippen LogP contribution >= 0.6 is 23.4 Å². The van der Waals surface area contributed by atoms with E-state index in [0.29, 0.717) is 16.6 Å². The van der Waals surface area contributed by atoms with Crippen molar-refractivity contribution >= 4 is 50.0 Å². The van der Waals surface area contributed by atoms with Gasteiger partial charge in [0.25, 0.3) is 5.91 Å². The molecule has 0 aliphatic carbocycles. The van der Waals surface area contributed by atoms with Gasteiger partial charge in [0.2, 0.25) is 0 Å². The van der Waals surface area contributed by atoms with Crippen LogP contribution in [0.4, 0.5) is 10.1 Å². The van der Waals surface area contributed by atoms with E-state index >= 15 is 0 Å². The second kappa shape index (κ2) is 7.97. The summed E-state index contributed by atoms with van der Waals surface area (Å²) < 4.78 is 43.6. The molecule has 29 heavy (non-hydrogen) atoms. The summed E-state index contributed by atoms with van der Waals surface area (Å²) in [6.45, 7) is -0.259. The average Bonchev–Trinajstić information content (AvgIpc) is 3.14. The third-order valence-corrected chi connectivity index (χ3v) is 8.09. The van der Waals surface area contributed by atoms with Gasteiger partial charge in [0.1, 0.15) is 11.6 Å². The Morgan fingerprint density at radius 1 is 1.24 bits per heavy atom. The largest absolute Gasteiger partial charge is 0.484 e. The summed E-state index contributed by atoms with van der Waals surface area (Å²) in [6, 6.07) is 12.6. The molecule has 2 fully saturated rings. The van der Waals surface area contributed by atoms with Crippen LogP contribution in [0.3, 0.4) is 0 Å². The Bertz CT molecular complexity index is 1080. The smallest absolute Gasteiger partial charge is 0.285 e. The maximum Gasteiger partial charge on any atom is 0.285 e. The number of thioether (sulfide) groups is 1. The first-order valence-corrected chi connectivity index (χ1v) is 11.8. The molecule has 2 atom stereocenters. The molecule has 0 spiro atoms. The van der Waals surface area contributed by atoms with Gasteiger partial charge in [0.05, 0.1) is 22.6 Å². The van der Waals surface area contributed by atoms with E-state index in [1.807, 2.05) is 6.07 Å². The monoisotopic (exact) mass is 454 g/mol. The van der Waals surface area contributed by atoms with Crippen LogP contribution in [0.1, 0.15) is 0 Å². The number of aliphatic imine (C=N–C) groups is 1. The molecule has 0 unspecified atom stereocenters. The standard InChI is InChI=1S/C19H16ClFN2O4S2/c20-14-7-6-12(8-15(14)21)23-16-10-29(25,26)11-17(16)28-19(23)22-18(24)9-27-13-4-2-1-3-5-13/h1-8,16-17H,9-11H2/t16-,17-/m0/s1. The first kappa shape index (κ1) is 20.2. The van der Waals surface area contributed by atoms with Crippen molar-refractivity contribution < 1.29 is 22.3 Å². The number of hydrogen-bond donors (Lipinski definition) is 0. The first-order valence-electron chi connectivity index (χ1n) is 8.73. The van der Waals surface area contributed by atoms with E-state index in [1.165, 1.54) is 23.9 Å². The fraction of sp³-hybridized carbons (Fsp3) is 0.263. The van der Waals surface area contributed by atoms with E-state index < -0.39 is 27.6 Å². The minimum atomic E-state index is -3.21. The number of halogens is 2. The number of carbonyl (C=O) groups excluding carboxylic acids is 1. The molecule has 2 aromatic carbocycles. The zero-order chi connectivity index (χ0) is 20.6. The number of amides is 1. The zero-order valence-electron chi connectivity index (χ0n) is 15.0. The first-order chi connectivity index (χ1) is 13.8. The third kappa shape index (κ3) is 4.41. The van der Waals surface area contributed by atoms with Gasteiger partial charge in [0, 0.05) is 10.9 Å². The molecule has 4 rings (SSSR count). The van der Waals surface area contributed by atoms with Gasteiger partial charge < -0.3 is 9.64 Å². The summed E-state index contributed by atoms with van der Waals surface area (Å²) >= 11 is 6.98. The number of amidine groups is 1. The number of ether oxygens (including phenoxy) is 1. The minimum Gasteiger partial charge on any atom is -0.484 e. The van der Waals surface area contributed by atoms with E-state index in [-0.39, 0.29) is 28.4 Å². The van der Waals surface area contributed by atoms with Crippen LogP contribution in [-0.4, -0.2) is 48.9 Å². The van der Waals surface area contributed by atoms with Crippen molar-refractivity contribution in [1.29, 1.82) is 0 Å². The summed E-state index contributed by atoms with van der Waals surface area (Å²) in [5, 5.41) is 0.0145. The SMILES string of the molecule is O=C(COc1ccccc1)N=C1S[C@H]2CS(=O)(=O)C[C@@H]2N1c1ccc(Cl)c(F)c1. The number of benzene rings is 2. The van der Waals surface area contributed by atoms with Gasteiger partial charge in [-0.25, -0.2) is 12.8 Å². The van der Waals surface area contributed by atoms with Crippen LogP contribution in [0.5, 0.6) is 5.75 Å². The molecule has 0 saturated carbocycles. The fourth-order valence-corrected chi connectivity index (χ4v) is 7.35. The number of anilines is 1. The van der Waals surface area contributed by atoms with Crippen molar-refractivity contribution in [1.82, 2.24) is 0 Å². The van der Waals surface area contributed by atoms with Gasteiger partial charge in [-0.1, -0.05) is 41.6 Å². The lowest BCUT2D eigenvalue weighted by Crippen LogP contribution is -2.38. The van der Waals surface area contributed by atoms with Crippen molar-refractivity contribution in [2.45, 2.75) is 11.3 Å². The number of para-hydroxylation sites is 1. The lowest BCUT2D eigenvalue weighted by atomic mass is 10.2. The highest BCUT2D eigenvalue weighted by Gasteiger charge is 2.49. The second-order valence-electron chi connectivity index (χ2n) is 6.66. The Morgan fingerprint density at radius 3 is 2.72 bits per heavy atom. The van der Waals surface area contributed by atoms with Crippen LogP contribution in [0.25, 0.3) is 0 Å². The zero-order valence-corrected chi connectivity index (χ0v) is 17.4. The summed E-state index contributed by atoms with van der Waals surface area (Å²) in [7, 11) is -3.21. The average molecular weight is 455 g/mol. The van der Waals surface area contributed by atoms with Crippen LogP contribution < -0.4 is 9.64 Å². The van der Waals surface area contributed by atoms with Crippen molar-refractivity contribution in [3.8, 4) is 5.75 Å². The normalized spacial score (nSPS) is 23.9. The van der Waals surface area contributed by atoms with Gasteiger partial charge >= 0.3 is 0 Å². The molecule has 1 amide bonds. The number of carbonyl (C=O) groups is 1. The molecular formula is C19H16ClFN2O4S2. The van der Waals surface area contributed by atoms with Crippen LogP contribution in [0.2, 0.25) is 5.02 Å². The van der Waals surface area contributed by atoms with Crippen LogP contribution in [-0.2, 0) is 14.6 Å². The Labute approximate surface area is 176 Å². The molecule has 2 heterocycles. The number of sulfone groups is 1. The summed E-state index contributed by atoms with van der Waals surface area (Å²) in [4.78, 5) is 18.1. The van der Waals surface area contributed by atoms with Gasteiger partial charge in [-0.3, -0.25) is 4.79 Å². The number of fused-ring (bicyclic) bond motifs is 1. The molecule has 2 aromatic rings. The van der Waals surface area contributed by atoms with E-state index in [0.717, 1.165) is 0 Å². The Kier molecular flexibility index (Phi) is 5.54. The highest BCUT2D eigenvalue weighted by atomic mass is 35.5. The van der Waals surface area contributed by atoms with Crippen LogP contribution in [0, 0.1) is 5.82 Å². The molecule has 2 aliphatic rings.